The van der Waals surface area contributed by atoms with E-state index in [0.29, 0.717) is 6.61 Å². The van der Waals surface area contributed by atoms with E-state index in [4.69, 9.17) is 0 Å². The largest absolute Gasteiger partial charge is 0.465 e. The maximum atomic E-state index is 10.2. The van der Waals surface area contributed by atoms with E-state index in [1.807, 2.05) is 0 Å². The van der Waals surface area contributed by atoms with Crippen molar-refractivity contribution < 1.29 is 9.53 Å². The summed E-state index contributed by atoms with van der Waals surface area (Å²) < 4.78 is 4.68. The van der Waals surface area contributed by atoms with Gasteiger partial charge in [0.1, 0.15) is 6.61 Å². The van der Waals surface area contributed by atoms with Gasteiger partial charge < -0.3 is 4.74 Å². The van der Waals surface area contributed by atoms with Crippen LogP contribution in [0.25, 0.3) is 0 Å². The van der Waals surface area contributed by atoms with E-state index >= 15 is 0 Å². The normalized spacial score (nSPS) is 9.11. The Hall–Kier alpha value is -0.180. The second-order valence-electron chi connectivity index (χ2n) is 1.54. The minimum absolute atomic E-state index is 0.188. The van der Waals surface area contributed by atoms with E-state index in [1.165, 1.54) is 6.92 Å². The Kier molecular flexibility index (Phi) is 5.83. The van der Waals surface area contributed by atoms with Crippen LogP contribution in [0.2, 0.25) is 0 Å². The average Bonchev–Trinajstić information content (AvgIpc) is 1.80. The molecule has 0 heterocycles. The molecule has 54 valence electrons. The standard InChI is InChI=1S/C6H12O2S/c1-3-9-5-4-8-6(2)7/h3-5H2,1-2H3. The maximum Gasteiger partial charge on any atom is 0.302 e. The van der Waals surface area contributed by atoms with E-state index in [0.717, 1.165) is 11.5 Å². The van der Waals surface area contributed by atoms with E-state index in [2.05, 4.69) is 11.7 Å². The first-order chi connectivity index (χ1) is 4.27. The predicted molar refractivity (Wildman–Crippen MR) is 39.6 cm³/mol. The molecule has 0 amide bonds. The van der Waals surface area contributed by atoms with Crippen molar-refractivity contribution in [3.63, 3.8) is 0 Å². The number of esters is 1. The van der Waals surface area contributed by atoms with Gasteiger partial charge in [0.2, 0.25) is 0 Å². The monoisotopic (exact) mass is 148 g/mol. The molecule has 0 aromatic rings. The zero-order valence-corrected chi connectivity index (χ0v) is 6.66. The molecule has 0 aliphatic heterocycles. The van der Waals surface area contributed by atoms with Crippen molar-refractivity contribution in [2.75, 3.05) is 18.1 Å². The summed E-state index contributed by atoms with van der Waals surface area (Å²) in [6.07, 6.45) is 0. The quantitative estimate of drug-likeness (QED) is 0.444. The molecule has 0 N–H and O–H groups in total. The third-order valence-corrected chi connectivity index (χ3v) is 1.60. The van der Waals surface area contributed by atoms with Gasteiger partial charge in [-0.3, -0.25) is 4.79 Å². The van der Waals surface area contributed by atoms with Crippen LogP contribution in [-0.2, 0) is 9.53 Å². The van der Waals surface area contributed by atoms with Crippen LogP contribution in [0.1, 0.15) is 13.8 Å². The van der Waals surface area contributed by atoms with Gasteiger partial charge in [-0.15, -0.1) is 0 Å². The molecule has 2 nitrogen and oxygen atoms in total. The first-order valence-electron chi connectivity index (χ1n) is 2.98. The van der Waals surface area contributed by atoms with Crippen LogP contribution in [-0.4, -0.2) is 24.1 Å². The predicted octanol–water partition coefficient (Wildman–Crippen LogP) is 1.30. The summed E-state index contributed by atoms with van der Waals surface area (Å²) in [7, 11) is 0. The molecule has 0 unspecified atom stereocenters. The Morgan fingerprint density at radius 3 is 2.78 bits per heavy atom. The highest BCUT2D eigenvalue weighted by Gasteiger charge is 1.89. The molecule has 0 bridgehead atoms. The molecule has 0 saturated heterocycles. The molecule has 0 aromatic carbocycles. The maximum absolute atomic E-state index is 10.2. The molecular formula is C6H12O2S. The van der Waals surface area contributed by atoms with Gasteiger partial charge in [-0.2, -0.15) is 11.8 Å². The lowest BCUT2D eigenvalue weighted by Crippen LogP contribution is -2.02. The summed E-state index contributed by atoms with van der Waals surface area (Å²) in [5.41, 5.74) is 0. The average molecular weight is 148 g/mol. The molecule has 0 aromatic heterocycles. The van der Waals surface area contributed by atoms with Crippen molar-refractivity contribution in [3.8, 4) is 0 Å². The number of hydrogen-bond donors (Lipinski definition) is 0. The summed E-state index contributed by atoms with van der Waals surface area (Å²) in [5.74, 6) is 1.81. The lowest BCUT2D eigenvalue weighted by molar-refractivity contribution is -0.140. The highest BCUT2D eigenvalue weighted by Crippen LogP contribution is 1.96. The van der Waals surface area contributed by atoms with Gasteiger partial charge in [0.05, 0.1) is 0 Å². The number of carbonyl (C=O) groups is 1. The number of thioether (sulfide) groups is 1. The summed E-state index contributed by atoms with van der Waals surface area (Å²) in [5, 5.41) is 0. The van der Waals surface area contributed by atoms with Crippen LogP contribution in [0.3, 0.4) is 0 Å². The fourth-order valence-corrected chi connectivity index (χ4v) is 0.879. The molecule has 3 heteroatoms. The molecule has 0 atom stereocenters. The topological polar surface area (TPSA) is 26.3 Å². The fourth-order valence-electron chi connectivity index (χ4n) is 0.389. The van der Waals surface area contributed by atoms with Gasteiger partial charge in [0.15, 0.2) is 0 Å². The smallest absolute Gasteiger partial charge is 0.302 e. The number of ether oxygens (including phenoxy) is 1. The third kappa shape index (κ3) is 7.82. The molecule has 0 fully saturated rings. The van der Waals surface area contributed by atoms with Gasteiger partial charge >= 0.3 is 5.97 Å². The van der Waals surface area contributed by atoms with Crippen molar-refractivity contribution >= 4 is 17.7 Å². The zero-order valence-electron chi connectivity index (χ0n) is 5.85. The second kappa shape index (κ2) is 5.95. The Balaban J connectivity index is 2.83. The number of rotatable bonds is 4. The van der Waals surface area contributed by atoms with E-state index in [1.54, 1.807) is 11.8 Å². The third-order valence-electron chi connectivity index (χ3n) is 0.737. The van der Waals surface area contributed by atoms with E-state index in [9.17, 15) is 4.79 Å². The molecule has 0 radical (unpaired) electrons. The van der Waals surface area contributed by atoms with Gasteiger partial charge in [-0.25, -0.2) is 0 Å². The Morgan fingerprint density at radius 2 is 2.33 bits per heavy atom. The highest BCUT2D eigenvalue weighted by atomic mass is 32.2. The molecule has 0 aliphatic rings. The first kappa shape index (κ1) is 8.82. The zero-order chi connectivity index (χ0) is 7.11. The van der Waals surface area contributed by atoms with E-state index in [-0.39, 0.29) is 5.97 Å². The number of carbonyl (C=O) groups excluding carboxylic acids is 1. The van der Waals surface area contributed by atoms with Crippen LogP contribution in [0.15, 0.2) is 0 Å². The fraction of sp³-hybridized carbons (Fsp3) is 0.833. The summed E-state index contributed by atoms with van der Waals surface area (Å²) in [6, 6.07) is 0. The van der Waals surface area contributed by atoms with Crippen molar-refractivity contribution in [2.24, 2.45) is 0 Å². The Bertz CT molecular complexity index is 83.1. The Morgan fingerprint density at radius 1 is 1.67 bits per heavy atom. The van der Waals surface area contributed by atoms with Crippen molar-refractivity contribution in [3.05, 3.63) is 0 Å². The minimum atomic E-state index is -0.188. The van der Waals surface area contributed by atoms with Crippen LogP contribution >= 0.6 is 11.8 Å². The number of hydrogen-bond acceptors (Lipinski definition) is 3. The highest BCUT2D eigenvalue weighted by molar-refractivity contribution is 7.99. The van der Waals surface area contributed by atoms with Crippen LogP contribution in [0.4, 0.5) is 0 Å². The van der Waals surface area contributed by atoms with E-state index < -0.39 is 0 Å². The van der Waals surface area contributed by atoms with Crippen molar-refractivity contribution in [1.82, 2.24) is 0 Å². The molecule has 0 aliphatic carbocycles. The van der Waals surface area contributed by atoms with Gasteiger partial charge in [0, 0.05) is 12.7 Å². The summed E-state index contributed by atoms with van der Waals surface area (Å²) in [4.78, 5) is 10.2. The molecular weight excluding hydrogens is 136 g/mol. The first-order valence-corrected chi connectivity index (χ1v) is 4.14. The van der Waals surface area contributed by atoms with Gasteiger partial charge in [-0.05, 0) is 5.75 Å². The van der Waals surface area contributed by atoms with Gasteiger partial charge in [0.25, 0.3) is 0 Å². The second-order valence-corrected chi connectivity index (χ2v) is 2.93. The minimum Gasteiger partial charge on any atom is -0.465 e. The summed E-state index contributed by atoms with van der Waals surface area (Å²) >= 11 is 1.77. The molecule has 0 rings (SSSR count). The Labute approximate surface area is 60.0 Å². The lowest BCUT2D eigenvalue weighted by atomic mass is 10.8. The SMILES string of the molecule is CCSCCOC(C)=O. The van der Waals surface area contributed by atoms with Crippen molar-refractivity contribution in [1.29, 1.82) is 0 Å². The van der Waals surface area contributed by atoms with Crippen LogP contribution < -0.4 is 0 Å². The van der Waals surface area contributed by atoms with Crippen molar-refractivity contribution in [2.45, 2.75) is 13.8 Å². The lowest BCUT2D eigenvalue weighted by Gasteiger charge is -1.98. The van der Waals surface area contributed by atoms with Crippen LogP contribution in [0.5, 0.6) is 0 Å². The molecule has 0 saturated carbocycles. The molecule has 0 spiro atoms. The summed E-state index contributed by atoms with van der Waals surface area (Å²) in [6.45, 7) is 4.06. The molecule has 9 heavy (non-hydrogen) atoms. The van der Waals surface area contributed by atoms with Crippen LogP contribution in [0, 0.1) is 0 Å². The van der Waals surface area contributed by atoms with Gasteiger partial charge in [-0.1, -0.05) is 6.92 Å².